The van der Waals surface area contributed by atoms with Crippen molar-refractivity contribution in [2.24, 2.45) is 0 Å². The van der Waals surface area contributed by atoms with E-state index < -0.39 is 0 Å². The van der Waals surface area contributed by atoms with Crippen LogP contribution in [0.15, 0.2) is 72.4 Å². The third kappa shape index (κ3) is 4.95. The van der Waals surface area contributed by atoms with Crippen LogP contribution in [0.4, 0.5) is 5.69 Å². The van der Waals surface area contributed by atoms with Crippen LogP contribution in [0.5, 0.6) is 0 Å². The van der Waals surface area contributed by atoms with Crippen LogP contribution in [0.1, 0.15) is 19.4 Å². The maximum Gasteiger partial charge on any atom is 0.266 e. The number of carbonyl (C=O) groups excluding carboxylic acids is 1. The minimum Gasteiger partial charge on any atom is -0.350 e. The zero-order chi connectivity index (χ0) is 18.2. The highest BCUT2D eigenvalue weighted by molar-refractivity contribution is 5.97. The minimum absolute atomic E-state index is 0.00788. The smallest absolute Gasteiger partial charge is 0.266 e. The van der Waals surface area contributed by atoms with Gasteiger partial charge in [0.15, 0.2) is 0 Å². The number of nitrogens with zero attached hydrogens (tertiary/aromatic N) is 3. The summed E-state index contributed by atoms with van der Waals surface area (Å²) in [6.07, 6.45) is 1.60. The third-order valence-electron chi connectivity index (χ3n) is 3.92. The Kier molecular flexibility index (Phi) is 6.36. The van der Waals surface area contributed by atoms with Crippen LogP contribution in [-0.4, -0.2) is 23.9 Å². The highest BCUT2D eigenvalue weighted by atomic mass is 16.2. The van der Waals surface area contributed by atoms with E-state index in [1.807, 2.05) is 81.6 Å². The Morgan fingerprint density at radius 1 is 1.08 bits per heavy atom. The van der Waals surface area contributed by atoms with E-state index in [4.69, 9.17) is 0 Å². The first-order valence-electron chi connectivity index (χ1n) is 8.27. The van der Waals surface area contributed by atoms with Gasteiger partial charge in [0, 0.05) is 31.5 Å². The van der Waals surface area contributed by atoms with Crippen LogP contribution in [-0.2, 0) is 11.3 Å². The lowest BCUT2D eigenvalue weighted by Gasteiger charge is -2.27. The Morgan fingerprint density at radius 3 is 2.16 bits per heavy atom. The molecule has 0 spiro atoms. The van der Waals surface area contributed by atoms with Gasteiger partial charge in [0.05, 0.1) is 0 Å². The molecule has 0 saturated heterocycles. The molecule has 25 heavy (non-hydrogen) atoms. The molecular formula is C21H23N3O. The maximum atomic E-state index is 12.9. The molecule has 2 aromatic carbocycles. The number of benzene rings is 2. The molecule has 0 radical (unpaired) electrons. The number of para-hydroxylation sites is 1. The second kappa shape index (κ2) is 8.70. The average molecular weight is 333 g/mol. The van der Waals surface area contributed by atoms with Crippen LogP contribution in [0.25, 0.3) is 0 Å². The molecule has 0 saturated carbocycles. The van der Waals surface area contributed by atoms with E-state index in [0.29, 0.717) is 6.54 Å². The van der Waals surface area contributed by atoms with Crippen molar-refractivity contribution in [2.45, 2.75) is 26.4 Å². The van der Waals surface area contributed by atoms with Gasteiger partial charge in [0.25, 0.3) is 5.91 Å². The van der Waals surface area contributed by atoms with Crippen molar-refractivity contribution >= 4 is 11.6 Å². The number of amides is 1. The standard InChI is InChI=1S/C21H23N3O/c1-17(2)24(15-18-10-6-4-7-11-18)21(25)19(14-22)16-23(3)20-12-8-5-9-13-20/h4-13,16-17H,15H2,1-3H3/b19-16-. The summed E-state index contributed by atoms with van der Waals surface area (Å²) in [5.41, 5.74) is 2.08. The van der Waals surface area contributed by atoms with E-state index in [2.05, 4.69) is 6.07 Å². The molecule has 2 aromatic rings. The number of nitriles is 1. The Bertz CT molecular complexity index is 761. The van der Waals surface area contributed by atoms with E-state index >= 15 is 0 Å². The molecule has 0 N–H and O–H groups in total. The predicted molar refractivity (Wildman–Crippen MR) is 101 cm³/mol. The summed E-state index contributed by atoms with van der Waals surface area (Å²) in [4.78, 5) is 16.4. The summed E-state index contributed by atoms with van der Waals surface area (Å²) in [5, 5.41) is 9.50. The second-order valence-electron chi connectivity index (χ2n) is 6.11. The lowest BCUT2D eigenvalue weighted by Crippen LogP contribution is -2.37. The number of hydrogen-bond acceptors (Lipinski definition) is 3. The predicted octanol–water partition coefficient (Wildman–Crippen LogP) is 3.97. The van der Waals surface area contributed by atoms with Gasteiger partial charge in [0.1, 0.15) is 11.6 Å². The molecule has 0 heterocycles. The molecule has 0 fully saturated rings. The molecular weight excluding hydrogens is 310 g/mol. The van der Waals surface area contributed by atoms with Crippen molar-refractivity contribution in [1.29, 1.82) is 5.26 Å². The topological polar surface area (TPSA) is 47.3 Å². The van der Waals surface area contributed by atoms with Crippen LogP contribution < -0.4 is 4.90 Å². The molecule has 0 aliphatic rings. The molecule has 0 unspecified atom stereocenters. The van der Waals surface area contributed by atoms with Crippen molar-refractivity contribution in [3.05, 3.63) is 78.0 Å². The summed E-state index contributed by atoms with van der Waals surface area (Å²) in [5.74, 6) is -0.260. The first kappa shape index (κ1) is 18.3. The summed E-state index contributed by atoms with van der Waals surface area (Å²) < 4.78 is 0. The number of rotatable bonds is 6. The molecule has 0 aliphatic carbocycles. The molecule has 0 bridgehead atoms. The Labute approximate surface area is 149 Å². The van der Waals surface area contributed by atoms with Gasteiger partial charge < -0.3 is 9.80 Å². The van der Waals surface area contributed by atoms with Gasteiger partial charge in [-0.05, 0) is 31.5 Å². The summed E-state index contributed by atoms with van der Waals surface area (Å²) in [6.45, 7) is 4.39. The molecule has 4 nitrogen and oxygen atoms in total. The van der Waals surface area contributed by atoms with Crippen LogP contribution >= 0.6 is 0 Å². The van der Waals surface area contributed by atoms with Crippen molar-refractivity contribution in [3.8, 4) is 6.07 Å². The van der Waals surface area contributed by atoms with Crippen LogP contribution in [0, 0.1) is 11.3 Å². The third-order valence-corrected chi connectivity index (χ3v) is 3.92. The van der Waals surface area contributed by atoms with Gasteiger partial charge in [-0.15, -0.1) is 0 Å². The average Bonchev–Trinajstić information content (AvgIpc) is 2.64. The fraction of sp³-hybridized carbons (Fsp3) is 0.238. The normalized spacial score (nSPS) is 11.1. The van der Waals surface area contributed by atoms with E-state index in [1.54, 1.807) is 16.0 Å². The fourth-order valence-corrected chi connectivity index (χ4v) is 2.49. The van der Waals surface area contributed by atoms with Crippen LogP contribution in [0.3, 0.4) is 0 Å². The summed E-state index contributed by atoms with van der Waals surface area (Å²) in [6, 6.07) is 21.5. The monoisotopic (exact) mass is 333 g/mol. The molecule has 2 rings (SSSR count). The van der Waals surface area contributed by atoms with Crippen molar-refractivity contribution in [2.75, 3.05) is 11.9 Å². The Hall–Kier alpha value is -3.06. The molecule has 0 aromatic heterocycles. The number of carbonyl (C=O) groups is 1. The van der Waals surface area contributed by atoms with Crippen molar-refractivity contribution < 1.29 is 4.79 Å². The van der Waals surface area contributed by atoms with Crippen molar-refractivity contribution in [1.82, 2.24) is 4.90 Å². The van der Waals surface area contributed by atoms with Gasteiger partial charge in [-0.25, -0.2) is 0 Å². The SMILES string of the molecule is CC(C)N(Cc1ccccc1)C(=O)/C(C#N)=C\N(C)c1ccccc1. The molecule has 4 heteroatoms. The fourth-order valence-electron chi connectivity index (χ4n) is 2.49. The zero-order valence-electron chi connectivity index (χ0n) is 14.9. The molecule has 1 amide bonds. The number of anilines is 1. The van der Waals surface area contributed by atoms with Gasteiger partial charge in [-0.1, -0.05) is 48.5 Å². The molecule has 128 valence electrons. The first-order chi connectivity index (χ1) is 12.0. The number of hydrogen-bond donors (Lipinski definition) is 0. The van der Waals surface area contributed by atoms with E-state index in [0.717, 1.165) is 11.3 Å². The molecule has 0 atom stereocenters. The maximum absolute atomic E-state index is 12.9. The van der Waals surface area contributed by atoms with Crippen LogP contribution in [0.2, 0.25) is 0 Å². The van der Waals surface area contributed by atoms with Gasteiger partial charge in [-0.3, -0.25) is 4.79 Å². The Morgan fingerprint density at radius 2 is 1.64 bits per heavy atom. The van der Waals surface area contributed by atoms with Gasteiger partial charge in [0.2, 0.25) is 0 Å². The molecule has 0 aliphatic heterocycles. The van der Waals surface area contributed by atoms with E-state index in [1.165, 1.54) is 0 Å². The quantitative estimate of drug-likeness (QED) is 0.594. The zero-order valence-corrected chi connectivity index (χ0v) is 14.9. The van der Waals surface area contributed by atoms with E-state index in [9.17, 15) is 10.1 Å². The Balaban J connectivity index is 2.23. The highest BCUT2D eigenvalue weighted by Gasteiger charge is 2.21. The summed E-state index contributed by atoms with van der Waals surface area (Å²) in [7, 11) is 1.83. The van der Waals surface area contributed by atoms with E-state index in [-0.39, 0.29) is 17.5 Å². The largest absolute Gasteiger partial charge is 0.350 e. The second-order valence-corrected chi connectivity index (χ2v) is 6.11. The van der Waals surface area contributed by atoms with Gasteiger partial charge >= 0.3 is 0 Å². The highest BCUT2D eigenvalue weighted by Crippen LogP contribution is 2.16. The summed E-state index contributed by atoms with van der Waals surface area (Å²) >= 11 is 0. The minimum atomic E-state index is -0.260. The van der Waals surface area contributed by atoms with Gasteiger partial charge in [-0.2, -0.15) is 5.26 Å². The lowest BCUT2D eigenvalue weighted by molar-refractivity contribution is -0.129. The first-order valence-corrected chi connectivity index (χ1v) is 8.27. The van der Waals surface area contributed by atoms with Crippen molar-refractivity contribution in [3.63, 3.8) is 0 Å². The lowest BCUT2D eigenvalue weighted by atomic mass is 10.1.